The Morgan fingerprint density at radius 2 is 1.86 bits per heavy atom. The molecule has 4 rings (SSSR count). The highest BCUT2D eigenvalue weighted by atomic mass is 32.2. The SMILES string of the molecule is CC1(C)C[C@H](NC(=O)CN2C(=O)c3ccccc3S2(=O)=O)c2ccccc2O1. The van der Waals surface area contributed by atoms with Crippen molar-refractivity contribution in [3.63, 3.8) is 0 Å². The van der Waals surface area contributed by atoms with Crippen molar-refractivity contribution in [1.29, 1.82) is 0 Å². The monoisotopic (exact) mass is 400 g/mol. The number of hydrogen-bond donors (Lipinski definition) is 1. The van der Waals surface area contributed by atoms with Crippen molar-refractivity contribution in [2.75, 3.05) is 6.54 Å². The first-order chi connectivity index (χ1) is 13.2. The molecular formula is C20H20N2O5S. The first-order valence-corrected chi connectivity index (χ1v) is 10.4. The molecule has 0 bridgehead atoms. The number of ether oxygens (including phenoxy) is 1. The molecule has 0 spiro atoms. The zero-order chi connectivity index (χ0) is 20.1. The van der Waals surface area contributed by atoms with Gasteiger partial charge < -0.3 is 10.1 Å². The minimum absolute atomic E-state index is 0.0645. The summed E-state index contributed by atoms with van der Waals surface area (Å²) in [6.45, 7) is 3.29. The number of nitrogens with one attached hydrogen (secondary N) is 1. The molecule has 28 heavy (non-hydrogen) atoms. The fourth-order valence-corrected chi connectivity index (χ4v) is 5.21. The largest absolute Gasteiger partial charge is 0.487 e. The lowest BCUT2D eigenvalue weighted by atomic mass is 9.89. The number of fused-ring (bicyclic) bond motifs is 2. The van der Waals surface area contributed by atoms with Gasteiger partial charge in [-0.1, -0.05) is 30.3 Å². The molecule has 7 nitrogen and oxygen atoms in total. The summed E-state index contributed by atoms with van der Waals surface area (Å²) < 4.78 is 31.8. The maximum atomic E-state index is 12.7. The molecule has 2 aromatic carbocycles. The summed E-state index contributed by atoms with van der Waals surface area (Å²) in [5.41, 5.74) is 0.430. The third kappa shape index (κ3) is 3.03. The van der Waals surface area contributed by atoms with E-state index in [9.17, 15) is 18.0 Å². The minimum Gasteiger partial charge on any atom is -0.487 e. The second-order valence-corrected chi connectivity index (χ2v) is 9.37. The highest BCUT2D eigenvalue weighted by molar-refractivity contribution is 7.90. The van der Waals surface area contributed by atoms with E-state index in [1.54, 1.807) is 12.1 Å². The van der Waals surface area contributed by atoms with E-state index in [1.807, 2.05) is 38.1 Å². The summed E-state index contributed by atoms with van der Waals surface area (Å²) in [5, 5.41) is 2.87. The summed E-state index contributed by atoms with van der Waals surface area (Å²) >= 11 is 0. The molecule has 2 aliphatic rings. The van der Waals surface area contributed by atoms with Gasteiger partial charge in [0.1, 0.15) is 22.8 Å². The predicted octanol–water partition coefficient (Wildman–Crippen LogP) is 2.25. The molecule has 0 saturated heterocycles. The molecular weight excluding hydrogens is 380 g/mol. The van der Waals surface area contributed by atoms with Crippen molar-refractivity contribution in [2.24, 2.45) is 0 Å². The number of amides is 2. The Bertz CT molecular complexity index is 1080. The van der Waals surface area contributed by atoms with Crippen LogP contribution in [0.1, 0.15) is 42.2 Å². The zero-order valence-electron chi connectivity index (χ0n) is 15.5. The van der Waals surface area contributed by atoms with Crippen LogP contribution in [0.5, 0.6) is 5.75 Å². The summed E-state index contributed by atoms with van der Waals surface area (Å²) in [4.78, 5) is 25.1. The average Bonchev–Trinajstić information content (AvgIpc) is 2.82. The Kier molecular flexibility index (Phi) is 4.19. The van der Waals surface area contributed by atoms with Crippen molar-refractivity contribution in [2.45, 2.75) is 36.8 Å². The molecule has 1 N–H and O–H groups in total. The third-order valence-corrected chi connectivity index (χ3v) is 6.70. The molecule has 0 aliphatic carbocycles. The Labute approximate surface area is 163 Å². The van der Waals surface area contributed by atoms with E-state index >= 15 is 0 Å². The second-order valence-electron chi connectivity index (χ2n) is 7.54. The van der Waals surface area contributed by atoms with Crippen LogP contribution in [0.15, 0.2) is 53.4 Å². The molecule has 1 atom stereocenters. The Morgan fingerprint density at radius 1 is 1.18 bits per heavy atom. The van der Waals surface area contributed by atoms with E-state index < -0.39 is 34.0 Å². The number of para-hydroxylation sites is 1. The van der Waals surface area contributed by atoms with Crippen LogP contribution in [0.3, 0.4) is 0 Å². The van der Waals surface area contributed by atoms with Gasteiger partial charge in [-0.2, -0.15) is 0 Å². The van der Waals surface area contributed by atoms with Crippen LogP contribution in [-0.4, -0.2) is 36.7 Å². The van der Waals surface area contributed by atoms with Crippen molar-refractivity contribution in [1.82, 2.24) is 9.62 Å². The van der Waals surface area contributed by atoms with Crippen LogP contribution in [-0.2, 0) is 14.8 Å². The van der Waals surface area contributed by atoms with E-state index in [-0.39, 0.29) is 16.5 Å². The molecule has 2 aromatic rings. The van der Waals surface area contributed by atoms with E-state index in [0.717, 1.165) is 5.56 Å². The third-order valence-electron chi connectivity index (χ3n) is 4.91. The van der Waals surface area contributed by atoms with Gasteiger partial charge >= 0.3 is 0 Å². The maximum absolute atomic E-state index is 12.7. The van der Waals surface area contributed by atoms with Gasteiger partial charge in [0.15, 0.2) is 0 Å². The highest BCUT2D eigenvalue weighted by Crippen LogP contribution is 2.39. The molecule has 0 unspecified atom stereocenters. The molecule has 8 heteroatoms. The number of benzene rings is 2. The van der Waals surface area contributed by atoms with Crippen LogP contribution in [0.25, 0.3) is 0 Å². The molecule has 0 fully saturated rings. The van der Waals surface area contributed by atoms with Gasteiger partial charge in [0.25, 0.3) is 15.9 Å². The summed E-state index contributed by atoms with van der Waals surface area (Å²) in [5.74, 6) is -0.540. The Hall–Kier alpha value is -2.87. The molecule has 2 amide bonds. The lowest BCUT2D eigenvalue weighted by molar-refractivity contribution is -0.122. The molecule has 0 aromatic heterocycles. The first-order valence-electron chi connectivity index (χ1n) is 8.92. The number of nitrogens with zero attached hydrogens (tertiary/aromatic N) is 1. The minimum atomic E-state index is -4.02. The topological polar surface area (TPSA) is 92.8 Å². The van der Waals surface area contributed by atoms with Crippen LogP contribution in [0, 0.1) is 0 Å². The molecule has 0 saturated carbocycles. The van der Waals surface area contributed by atoms with Crippen molar-refractivity contribution >= 4 is 21.8 Å². The average molecular weight is 400 g/mol. The van der Waals surface area contributed by atoms with Crippen molar-refractivity contribution < 1.29 is 22.7 Å². The number of hydrogen-bond acceptors (Lipinski definition) is 5. The summed E-state index contributed by atoms with van der Waals surface area (Å²) in [6.07, 6.45) is 0.524. The van der Waals surface area contributed by atoms with E-state index in [2.05, 4.69) is 5.32 Å². The maximum Gasteiger partial charge on any atom is 0.269 e. The van der Waals surface area contributed by atoms with Gasteiger partial charge in [0, 0.05) is 12.0 Å². The van der Waals surface area contributed by atoms with Crippen molar-refractivity contribution in [3.05, 3.63) is 59.7 Å². The number of carbonyl (C=O) groups is 2. The van der Waals surface area contributed by atoms with Gasteiger partial charge in [-0.3, -0.25) is 9.59 Å². The van der Waals surface area contributed by atoms with Gasteiger partial charge in [-0.05, 0) is 32.0 Å². The quantitative estimate of drug-likeness (QED) is 0.853. The first kappa shape index (κ1) is 18.5. The molecule has 2 aliphatic heterocycles. The number of sulfonamides is 1. The van der Waals surface area contributed by atoms with Gasteiger partial charge in [0.2, 0.25) is 5.91 Å². The zero-order valence-corrected chi connectivity index (χ0v) is 16.3. The molecule has 0 radical (unpaired) electrons. The standard InChI is InChI=1S/C20H20N2O5S/c1-20(2)11-15(13-7-3-5-9-16(13)27-20)21-18(23)12-22-19(24)14-8-4-6-10-17(14)28(22,25)26/h3-10,15H,11-12H2,1-2H3,(H,21,23)/t15-/m0/s1. The smallest absolute Gasteiger partial charge is 0.269 e. The van der Waals surface area contributed by atoms with E-state index in [4.69, 9.17) is 4.74 Å². The predicted molar refractivity (Wildman–Crippen MR) is 101 cm³/mol. The van der Waals surface area contributed by atoms with Crippen LogP contribution in [0.2, 0.25) is 0 Å². The van der Waals surface area contributed by atoms with Crippen LogP contribution in [0.4, 0.5) is 0 Å². The number of rotatable bonds is 3. The second kappa shape index (κ2) is 6.34. The highest BCUT2D eigenvalue weighted by Gasteiger charge is 2.42. The van der Waals surface area contributed by atoms with Gasteiger partial charge in [-0.25, -0.2) is 12.7 Å². The fraction of sp³-hybridized carbons (Fsp3) is 0.300. The number of carbonyl (C=O) groups excluding carboxylic acids is 2. The molecule has 146 valence electrons. The summed E-state index contributed by atoms with van der Waals surface area (Å²) in [6, 6.07) is 13.0. The Morgan fingerprint density at radius 3 is 2.61 bits per heavy atom. The lowest BCUT2D eigenvalue weighted by Crippen LogP contribution is -2.45. The lowest BCUT2D eigenvalue weighted by Gasteiger charge is -2.38. The fourth-order valence-electron chi connectivity index (χ4n) is 3.69. The Balaban J connectivity index is 1.55. The summed E-state index contributed by atoms with van der Waals surface area (Å²) in [7, 11) is -4.02. The van der Waals surface area contributed by atoms with Crippen LogP contribution < -0.4 is 10.1 Å². The van der Waals surface area contributed by atoms with Crippen LogP contribution >= 0.6 is 0 Å². The van der Waals surface area contributed by atoms with E-state index in [0.29, 0.717) is 16.5 Å². The van der Waals surface area contributed by atoms with E-state index in [1.165, 1.54) is 12.1 Å². The van der Waals surface area contributed by atoms with Gasteiger partial charge in [0.05, 0.1) is 11.6 Å². The van der Waals surface area contributed by atoms with Gasteiger partial charge in [-0.15, -0.1) is 0 Å². The molecule has 2 heterocycles. The van der Waals surface area contributed by atoms with Crippen molar-refractivity contribution in [3.8, 4) is 5.75 Å². The normalized spacial score (nSPS) is 21.4.